The first-order chi connectivity index (χ1) is 12.3. The molecule has 0 radical (unpaired) electrons. The van der Waals surface area contributed by atoms with E-state index in [4.69, 9.17) is 9.73 Å². The van der Waals surface area contributed by atoms with Gasteiger partial charge in [0.15, 0.2) is 5.96 Å². The molecule has 0 aromatic heterocycles. The highest BCUT2D eigenvalue weighted by molar-refractivity contribution is 5.79. The molecule has 2 rings (SSSR count). The van der Waals surface area contributed by atoms with Crippen molar-refractivity contribution >= 4 is 5.96 Å². The number of nitrogens with one attached hydrogen (secondary N) is 2. The van der Waals surface area contributed by atoms with E-state index in [0.717, 1.165) is 58.3 Å². The Bertz CT molecular complexity index is 495. The maximum absolute atomic E-state index is 5.39. The maximum atomic E-state index is 5.39. The van der Waals surface area contributed by atoms with Crippen molar-refractivity contribution in [2.24, 2.45) is 4.99 Å². The fourth-order valence-electron chi connectivity index (χ4n) is 2.76. The third-order valence-electron chi connectivity index (χ3n) is 4.41. The molecule has 1 aromatic rings. The van der Waals surface area contributed by atoms with Crippen molar-refractivity contribution in [1.29, 1.82) is 0 Å². The molecule has 1 heterocycles. The summed E-state index contributed by atoms with van der Waals surface area (Å²) >= 11 is 0. The average Bonchev–Trinajstić information content (AvgIpc) is 2.65. The van der Waals surface area contributed by atoms with Crippen LogP contribution in [0.25, 0.3) is 0 Å². The molecule has 25 heavy (non-hydrogen) atoms. The molecule has 0 amide bonds. The number of benzene rings is 1. The monoisotopic (exact) mass is 346 g/mol. The van der Waals surface area contributed by atoms with Crippen LogP contribution in [0.15, 0.2) is 29.3 Å². The van der Waals surface area contributed by atoms with Crippen molar-refractivity contribution in [3.05, 3.63) is 35.4 Å². The first-order valence-electron chi connectivity index (χ1n) is 9.66. The lowest BCUT2D eigenvalue weighted by molar-refractivity contribution is 0.0376. The topological polar surface area (TPSA) is 48.9 Å². The van der Waals surface area contributed by atoms with Gasteiger partial charge in [0, 0.05) is 26.2 Å². The molecule has 5 nitrogen and oxygen atoms in total. The molecule has 0 atom stereocenters. The lowest BCUT2D eigenvalue weighted by Gasteiger charge is -2.26. The minimum Gasteiger partial charge on any atom is -0.379 e. The predicted molar refractivity (Wildman–Crippen MR) is 105 cm³/mol. The van der Waals surface area contributed by atoms with E-state index in [9.17, 15) is 0 Å². The summed E-state index contributed by atoms with van der Waals surface area (Å²) in [5.74, 6) is 0.927. The third-order valence-corrected chi connectivity index (χ3v) is 4.41. The molecule has 0 bridgehead atoms. The van der Waals surface area contributed by atoms with Crippen LogP contribution in [0.4, 0.5) is 0 Å². The molecule has 1 saturated heterocycles. The van der Waals surface area contributed by atoms with Gasteiger partial charge in [-0.3, -0.25) is 4.90 Å². The molecular weight excluding hydrogens is 312 g/mol. The highest BCUT2D eigenvalue weighted by Gasteiger charge is 2.09. The lowest BCUT2D eigenvalue weighted by Crippen LogP contribution is -2.41. The molecule has 0 saturated carbocycles. The fraction of sp³-hybridized carbons (Fsp3) is 0.650. The van der Waals surface area contributed by atoms with Crippen molar-refractivity contribution in [3.8, 4) is 0 Å². The van der Waals surface area contributed by atoms with E-state index in [-0.39, 0.29) is 0 Å². The number of ether oxygens (including phenoxy) is 1. The van der Waals surface area contributed by atoms with E-state index in [2.05, 4.69) is 53.6 Å². The van der Waals surface area contributed by atoms with Gasteiger partial charge in [-0.1, -0.05) is 43.2 Å². The molecule has 2 N–H and O–H groups in total. The first kappa shape index (κ1) is 19.7. The van der Waals surface area contributed by atoms with Crippen LogP contribution in [0.1, 0.15) is 37.3 Å². The second-order valence-electron chi connectivity index (χ2n) is 6.67. The summed E-state index contributed by atoms with van der Waals surface area (Å²) in [6.07, 6.45) is 3.48. The smallest absolute Gasteiger partial charge is 0.191 e. The normalized spacial score (nSPS) is 16.0. The Kier molecular flexibility index (Phi) is 9.37. The zero-order valence-corrected chi connectivity index (χ0v) is 15.9. The number of hydrogen-bond donors (Lipinski definition) is 2. The van der Waals surface area contributed by atoms with Crippen LogP contribution < -0.4 is 10.6 Å². The van der Waals surface area contributed by atoms with Gasteiger partial charge in [0.2, 0.25) is 0 Å². The van der Waals surface area contributed by atoms with Crippen molar-refractivity contribution < 1.29 is 4.74 Å². The van der Waals surface area contributed by atoms with E-state index in [1.165, 1.54) is 24.0 Å². The van der Waals surface area contributed by atoms with Crippen LogP contribution in [0, 0.1) is 6.92 Å². The highest BCUT2D eigenvalue weighted by atomic mass is 16.5. The van der Waals surface area contributed by atoms with Crippen LogP contribution in [-0.2, 0) is 11.3 Å². The second kappa shape index (κ2) is 11.9. The Balaban J connectivity index is 1.75. The number of aliphatic imine (C=N–C) groups is 1. The molecule has 0 unspecified atom stereocenters. The molecule has 1 aliphatic heterocycles. The van der Waals surface area contributed by atoms with Gasteiger partial charge < -0.3 is 15.4 Å². The van der Waals surface area contributed by atoms with E-state index in [1.54, 1.807) is 0 Å². The molecule has 5 heteroatoms. The van der Waals surface area contributed by atoms with E-state index in [0.29, 0.717) is 6.54 Å². The number of morpholine rings is 1. The number of aryl methyl sites for hydroxylation is 1. The van der Waals surface area contributed by atoms with Crippen LogP contribution >= 0.6 is 0 Å². The highest BCUT2D eigenvalue weighted by Crippen LogP contribution is 2.04. The summed E-state index contributed by atoms with van der Waals surface area (Å²) in [6.45, 7) is 11.9. The Morgan fingerprint density at radius 1 is 1.08 bits per heavy atom. The largest absolute Gasteiger partial charge is 0.379 e. The van der Waals surface area contributed by atoms with Crippen LogP contribution in [-0.4, -0.2) is 56.8 Å². The van der Waals surface area contributed by atoms with Gasteiger partial charge in [-0.25, -0.2) is 4.99 Å². The van der Waals surface area contributed by atoms with Gasteiger partial charge in [0.05, 0.1) is 19.8 Å². The van der Waals surface area contributed by atoms with E-state index < -0.39 is 0 Å². The molecule has 1 fully saturated rings. The predicted octanol–water partition coefficient (Wildman–Crippen LogP) is 2.55. The van der Waals surface area contributed by atoms with Crippen molar-refractivity contribution in [2.75, 3.05) is 45.9 Å². The van der Waals surface area contributed by atoms with Crippen LogP contribution in [0.2, 0.25) is 0 Å². The second-order valence-corrected chi connectivity index (χ2v) is 6.67. The molecule has 1 aliphatic rings. The fourth-order valence-corrected chi connectivity index (χ4v) is 2.76. The zero-order valence-electron chi connectivity index (χ0n) is 15.9. The summed E-state index contributed by atoms with van der Waals surface area (Å²) in [4.78, 5) is 7.21. The Labute approximate surface area is 152 Å². The van der Waals surface area contributed by atoms with Crippen LogP contribution in [0.5, 0.6) is 0 Å². The number of unbranched alkanes of at least 4 members (excludes halogenated alkanes) is 1. The Morgan fingerprint density at radius 3 is 2.44 bits per heavy atom. The summed E-state index contributed by atoms with van der Waals surface area (Å²) < 4.78 is 5.39. The number of rotatable bonds is 9. The maximum Gasteiger partial charge on any atom is 0.191 e. The average molecular weight is 347 g/mol. The Morgan fingerprint density at radius 2 is 1.76 bits per heavy atom. The third kappa shape index (κ3) is 8.36. The standard InChI is InChI=1S/C20H34N4O/c1-3-4-10-21-20(23-17-19-8-6-18(2)7-9-19)22-11-5-12-24-13-15-25-16-14-24/h6-9H,3-5,10-17H2,1-2H3,(H2,21,22,23). The molecule has 1 aromatic carbocycles. The zero-order chi connectivity index (χ0) is 17.7. The number of guanidine groups is 1. The molecule has 140 valence electrons. The van der Waals surface area contributed by atoms with E-state index in [1.807, 2.05) is 0 Å². The number of nitrogens with zero attached hydrogens (tertiary/aromatic N) is 2. The minimum absolute atomic E-state index is 0.713. The van der Waals surface area contributed by atoms with Gasteiger partial charge in [0.25, 0.3) is 0 Å². The summed E-state index contributed by atoms with van der Waals surface area (Å²) in [5, 5.41) is 6.93. The van der Waals surface area contributed by atoms with Crippen molar-refractivity contribution in [1.82, 2.24) is 15.5 Å². The van der Waals surface area contributed by atoms with Gasteiger partial charge in [-0.05, 0) is 31.9 Å². The lowest BCUT2D eigenvalue weighted by atomic mass is 10.1. The first-order valence-corrected chi connectivity index (χ1v) is 9.66. The van der Waals surface area contributed by atoms with Crippen molar-refractivity contribution in [3.63, 3.8) is 0 Å². The summed E-state index contributed by atoms with van der Waals surface area (Å²) in [7, 11) is 0. The number of hydrogen-bond acceptors (Lipinski definition) is 3. The molecule has 0 aliphatic carbocycles. The van der Waals surface area contributed by atoms with Gasteiger partial charge in [-0.2, -0.15) is 0 Å². The van der Waals surface area contributed by atoms with Gasteiger partial charge >= 0.3 is 0 Å². The van der Waals surface area contributed by atoms with Crippen molar-refractivity contribution in [2.45, 2.75) is 39.7 Å². The summed E-state index contributed by atoms with van der Waals surface area (Å²) in [6, 6.07) is 8.59. The molecule has 0 spiro atoms. The molecular formula is C20H34N4O. The minimum atomic E-state index is 0.713. The SMILES string of the molecule is CCCCNC(=NCc1ccc(C)cc1)NCCCN1CCOCC1. The summed E-state index contributed by atoms with van der Waals surface area (Å²) in [5.41, 5.74) is 2.53. The quantitative estimate of drug-likeness (QED) is 0.410. The Hall–Kier alpha value is -1.59. The van der Waals surface area contributed by atoms with Gasteiger partial charge in [0.1, 0.15) is 0 Å². The van der Waals surface area contributed by atoms with E-state index >= 15 is 0 Å². The van der Waals surface area contributed by atoms with Crippen LogP contribution in [0.3, 0.4) is 0 Å². The van der Waals surface area contributed by atoms with Gasteiger partial charge in [-0.15, -0.1) is 0 Å².